The van der Waals surface area contributed by atoms with Gasteiger partial charge in [-0.25, -0.2) is 0 Å². The van der Waals surface area contributed by atoms with Crippen LogP contribution in [0.4, 0.5) is 0 Å². The fourth-order valence-corrected chi connectivity index (χ4v) is 2.30. The standard InChI is InChI=1S/C13H10O.C9H11NO2/c14-13(11-7-3-1-4-8-11)12-9-5-2-6-10-12;10-8(9(11)12)6-7-4-2-1-3-5-7/h1-10H;1-5,8H,6,10H2,(H,11,12)/t;8-/m.0/s1. The third-order valence-corrected chi connectivity index (χ3v) is 3.69. The van der Waals surface area contributed by atoms with E-state index in [-0.39, 0.29) is 5.78 Å². The first kappa shape index (κ1) is 19.1. The average Bonchev–Trinajstić information content (AvgIpc) is 2.70. The molecule has 3 N–H and O–H groups in total. The molecule has 0 amide bonds. The van der Waals surface area contributed by atoms with E-state index < -0.39 is 12.0 Å². The molecular weight excluding hydrogens is 326 g/mol. The highest BCUT2D eigenvalue weighted by Crippen LogP contribution is 2.08. The first-order chi connectivity index (χ1) is 12.6. The molecule has 0 spiro atoms. The van der Waals surface area contributed by atoms with Crippen LogP contribution in [-0.2, 0) is 11.2 Å². The van der Waals surface area contributed by atoms with Crippen LogP contribution < -0.4 is 5.73 Å². The molecule has 0 aromatic heterocycles. The van der Waals surface area contributed by atoms with Gasteiger partial charge in [0.1, 0.15) is 6.04 Å². The van der Waals surface area contributed by atoms with Gasteiger partial charge in [0, 0.05) is 11.1 Å². The van der Waals surface area contributed by atoms with E-state index >= 15 is 0 Å². The molecule has 0 aliphatic heterocycles. The smallest absolute Gasteiger partial charge is 0.320 e. The molecule has 132 valence electrons. The van der Waals surface area contributed by atoms with E-state index in [1.54, 1.807) is 0 Å². The Hall–Kier alpha value is -3.24. The predicted molar refractivity (Wildman–Crippen MR) is 102 cm³/mol. The predicted octanol–water partition coefficient (Wildman–Crippen LogP) is 3.56. The van der Waals surface area contributed by atoms with Gasteiger partial charge in [0.2, 0.25) is 0 Å². The van der Waals surface area contributed by atoms with Crippen LogP contribution in [0.5, 0.6) is 0 Å². The van der Waals surface area contributed by atoms with Crippen molar-refractivity contribution in [1.29, 1.82) is 0 Å². The van der Waals surface area contributed by atoms with Gasteiger partial charge in [0.15, 0.2) is 5.78 Å². The molecule has 3 aromatic rings. The van der Waals surface area contributed by atoms with Gasteiger partial charge in [-0.15, -0.1) is 0 Å². The zero-order valence-corrected chi connectivity index (χ0v) is 14.3. The van der Waals surface area contributed by atoms with Gasteiger partial charge in [-0.05, 0) is 12.0 Å². The summed E-state index contributed by atoms with van der Waals surface area (Å²) in [4.78, 5) is 22.2. The topological polar surface area (TPSA) is 80.4 Å². The van der Waals surface area contributed by atoms with E-state index in [0.717, 1.165) is 16.7 Å². The van der Waals surface area contributed by atoms with Crippen LogP contribution in [0.15, 0.2) is 91.0 Å². The van der Waals surface area contributed by atoms with E-state index in [2.05, 4.69) is 0 Å². The van der Waals surface area contributed by atoms with Crippen LogP contribution in [0, 0.1) is 0 Å². The Morgan fingerprint density at radius 1 is 0.731 bits per heavy atom. The van der Waals surface area contributed by atoms with Crippen molar-refractivity contribution in [3.63, 3.8) is 0 Å². The molecule has 0 saturated carbocycles. The third-order valence-electron chi connectivity index (χ3n) is 3.69. The largest absolute Gasteiger partial charge is 0.480 e. The van der Waals surface area contributed by atoms with Crippen LogP contribution in [0.1, 0.15) is 21.5 Å². The summed E-state index contributed by atoms with van der Waals surface area (Å²) in [5.74, 6) is -0.884. The van der Waals surface area contributed by atoms with E-state index in [0.29, 0.717) is 6.42 Å². The summed E-state index contributed by atoms with van der Waals surface area (Å²) in [6, 6.07) is 27.2. The van der Waals surface area contributed by atoms with Crippen molar-refractivity contribution in [2.75, 3.05) is 0 Å². The molecule has 0 unspecified atom stereocenters. The Morgan fingerprint density at radius 2 is 1.12 bits per heavy atom. The summed E-state index contributed by atoms with van der Waals surface area (Å²) in [7, 11) is 0. The minimum Gasteiger partial charge on any atom is -0.480 e. The molecule has 0 saturated heterocycles. The maximum Gasteiger partial charge on any atom is 0.320 e. The van der Waals surface area contributed by atoms with E-state index in [9.17, 15) is 9.59 Å². The summed E-state index contributed by atoms with van der Waals surface area (Å²) in [5.41, 5.74) is 7.77. The van der Waals surface area contributed by atoms with Gasteiger partial charge in [-0.3, -0.25) is 9.59 Å². The minimum atomic E-state index is -0.959. The van der Waals surface area contributed by atoms with Crippen LogP contribution in [-0.4, -0.2) is 22.9 Å². The molecule has 1 atom stereocenters. The van der Waals surface area contributed by atoms with Crippen molar-refractivity contribution in [3.8, 4) is 0 Å². The molecule has 0 aliphatic carbocycles. The molecule has 0 heterocycles. The van der Waals surface area contributed by atoms with Gasteiger partial charge in [-0.2, -0.15) is 0 Å². The van der Waals surface area contributed by atoms with E-state index in [1.165, 1.54) is 0 Å². The Morgan fingerprint density at radius 3 is 1.50 bits per heavy atom. The number of aliphatic carboxylic acids is 1. The van der Waals surface area contributed by atoms with Crippen LogP contribution >= 0.6 is 0 Å². The van der Waals surface area contributed by atoms with Gasteiger partial charge >= 0.3 is 5.97 Å². The van der Waals surface area contributed by atoms with Crippen molar-refractivity contribution >= 4 is 11.8 Å². The lowest BCUT2D eigenvalue weighted by Gasteiger charge is -2.04. The summed E-state index contributed by atoms with van der Waals surface area (Å²) >= 11 is 0. The van der Waals surface area contributed by atoms with Gasteiger partial charge in [-0.1, -0.05) is 91.0 Å². The lowest BCUT2D eigenvalue weighted by molar-refractivity contribution is -0.138. The molecule has 0 fully saturated rings. The second-order valence-corrected chi connectivity index (χ2v) is 5.70. The van der Waals surface area contributed by atoms with Crippen molar-refractivity contribution in [2.45, 2.75) is 12.5 Å². The van der Waals surface area contributed by atoms with Crippen molar-refractivity contribution in [3.05, 3.63) is 108 Å². The highest BCUT2D eigenvalue weighted by atomic mass is 16.4. The summed E-state index contributed by atoms with van der Waals surface area (Å²) < 4.78 is 0. The monoisotopic (exact) mass is 347 g/mol. The first-order valence-corrected chi connectivity index (χ1v) is 8.25. The fourth-order valence-electron chi connectivity index (χ4n) is 2.30. The molecule has 0 bridgehead atoms. The highest BCUT2D eigenvalue weighted by Gasteiger charge is 2.11. The SMILES string of the molecule is N[C@@H](Cc1ccccc1)C(=O)O.O=C(c1ccccc1)c1ccccc1. The van der Waals surface area contributed by atoms with Crippen LogP contribution in [0.3, 0.4) is 0 Å². The second-order valence-electron chi connectivity index (χ2n) is 5.70. The molecule has 3 rings (SSSR count). The molecule has 3 aromatic carbocycles. The number of hydrogen-bond acceptors (Lipinski definition) is 3. The van der Waals surface area contributed by atoms with E-state index in [1.807, 2.05) is 91.0 Å². The Labute approximate surface area is 152 Å². The molecular formula is C22H21NO3. The Balaban J connectivity index is 0.000000190. The fraction of sp³-hybridized carbons (Fsp3) is 0.0909. The number of carbonyl (C=O) groups is 2. The number of carboxylic acids is 1. The Kier molecular flexibility index (Phi) is 7.28. The normalized spacial score (nSPS) is 11.0. The minimum absolute atomic E-state index is 0.0752. The number of carboxylic acid groups (broad SMARTS) is 1. The molecule has 0 aliphatic rings. The van der Waals surface area contributed by atoms with Crippen molar-refractivity contribution < 1.29 is 14.7 Å². The number of ketones is 1. The molecule has 4 heteroatoms. The van der Waals surface area contributed by atoms with Gasteiger partial charge in [0.05, 0.1) is 0 Å². The van der Waals surface area contributed by atoms with Crippen molar-refractivity contribution in [1.82, 2.24) is 0 Å². The second kappa shape index (κ2) is 9.91. The zero-order chi connectivity index (χ0) is 18.8. The Bertz CT molecular complexity index is 776. The zero-order valence-electron chi connectivity index (χ0n) is 14.3. The lowest BCUT2D eigenvalue weighted by atomic mass is 10.0. The maximum atomic E-state index is 11.8. The number of hydrogen-bond donors (Lipinski definition) is 2. The van der Waals surface area contributed by atoms with E-state index in [4.69, 9.17) is 10.8 Å². The molecule has 26 heavy (non-hydrogen) atoms. The number of nitrogens with two attached hydrogens (primary N) is 1. The van der Waals surface area contributed by atoms with Gasteiger partial charge < -0.3 is 10.8 Å². The van der Waals surface area contributed by atoms with Gasteiger partial charge in [0.25, 0.3) is 0 Å². The first-order valence-electron chi connectivity index (χ1n) is 8.25. The third kappa shape index (κ3) is 6.00. The van der Waals surface area contributed by atoms with Crippen LogP contribution in [0.25, 0.3) is 0 Å². The number of benzene rings is 3. The lowest BCUT2D eigenvalue weighted by Crippen LogP contribution is -2.32. The average molecular weight is 347 g/mol. The maximum absolute atomic E-state index is 11.8. The number of rotatable bonds is 5. The summed E-state index contributed by atoms with van der Waals surface area (Å²) in [5, 5.41) is 8.52. The quantitative estimate of drug-likeness (QED) is 0.692. The van der Waals surface area contributed by atoms with Crippen molar-refractivity contribution in [2.24, 2.45) is 5.73 Å². The summed E-state index contributed by atoms with van der Waals surface area (Å²) in [6.45, 7) is 0. The number of carbonyl (C=O) groups excluding carboxylic acids is 1. The van der Waals surface area contributed by atoms with Crippen LogP contribution in [0.2, 0.25) is 0 Å². The molecule has 0 radical (unpaired) electrons. The molecule has 4 nitrogen and oxygen atoms in total. The summed E-state index contributed by atoms with van der Waals surface area (Å²) in [6.07, 6.45) is 0.385. The highest BCUT2D eigenvalue weighted by molar-refractivity contribution is 6.08.